The number of aromatic nitrogens is 1. The van der Waals surface area contributed by atoms with Crippen molar-refractivity contribution < 1.29 is 4.74 Å². The Balaban J connectivity index is 2.13. The first-order chi connectivity index (χ1) is 6.29. The minimum Gasteiger partial charge on any atom is -0.492 e. The molecule has 0 N–H and O–H groups in total. The summed E-state index contributed by atoms with van der Waals surface area (Å²) in [6.07, 6.45) is 5.84. The Bertz CT molecular complexity index is 221. The molecular weight excluding hydrogens is 162 g/mol. The van der Waals surface area contributed by atoms with Crippen LogP contribution in [0.5, 0.6) is 5.75 Å². The normalized spacial score (nSPS) is 10.4. The van der Waals surface area contributed by atoms with Gasteiger partial charge >= 0.3 is 0 Å². The van der Waals surface area contributed by atoms with Gasteiger partial charge < -0.3 is 4.74 Å². The van der Waals surface area contributed by atoms with Crippen LogP contribution in [0, 0.1) is 5.92 Å². The summed E-state index contributed by atoms with van der Waals surface area (Å²) >= 11 is 0. The van der Waals surface area contributed by atoms with Crippen LogP contribution in [0.15, 0.2) is 24.5 Å². The summed E-state index contributed by atoms with van der Waals surface area (Å²) in [6, 6.07) is 3.82. The topological polar surface area (TPSA) is 22.1 Å². The Hall–Kier alpha value is -1.05. The van der Waals surface area contributed by atoms with E-state index < -0.39 is 0 Å². The van der Waals surface area contributed by atoms with E-state index in [1.807, 2.05) is 12.1 Å². The molecule has 1 aromatic heterocycles. The maximum absolute atomic E-state index is 5.49. The van der Waals surface area contributed by atoms with Gasteiger partial charge in [-0.3, -0.25) is 4.98 Å². The summed E-state index contributed by atoms with van der Waals surface area (Å²) in [5.41, 5.74) is 0. The van der Waals surface area contributed by atoms with Crippen LogP contribution in [0.3, 0.4) is 0 Å². The molecule has 13 heavy (non-hydrogen) atoms. The summed E-state index contributed by atoms with van der Waals surface area (Å²) in [6.45, 7) is 5.25. The fraction of sp³-hybridized carbons (Fsp3) is 0.545. The van der Waals surface area contributed by atoms with E-state index in [1.165, 1.54) is 6.42 Å². The molecule has 0 bridgehead atoms. The first-order valence-electron chi connectivity index (χ1n) is 4.82. The van der Waals surface area contributed by atoms with Gasteiger partial charge in [0.25, 0.3) is 0 Å². The molecule has 1 rings (SSSR count). The van der Waals surface area contributed by atoms with Gasteiger partial charge in [0.05, 0.1) is 12.8 Å². The standard InChI is InChI=1S/C11H17NO/c1-10(2)5-4-8-13-11-6-3-7-12-9-11/h3,6-7,9-10H,4-5,8H2,1-2H3. The zero-order valence-electron chi connectivity index (χ0n) is 8.36. The van der Waals surface area contributed by atoms with Crippen molar-refractivity contribution in [3.8, 4) is 5.75 Å². The Morgan fingerprint density at radius 3 is 2.92 bits per heavy atom. The van der Waals surface area contributed by atoms with E-state index in [9.17, 15) is 0 Å². The third-order valence-corrected chi connectivity index (χ3v) is 1.83. The highest BCUT2D eigenvalue weighted by molar-refractivity contribution is 5.15. The number of hydrogen-bond donors (Lipinski definition) is 0. The minimum absolute atomic E-state index is 0.762. The Labute approximate surface area is 80.0 Å². The summed E-state index contributed by atoms with van der Waals surface area (Å²) in [5.74, 6) is 1.63. The second-order valence-electron chi connectivity index (χ2n) is 3.57. The summed E-state index contributed by atoms with van der Waals surface area (Å²) < 4.78 is 5.49. The number of rotatable bonds is 5. The quantitative estimate of drug-likeness (QED) is 0.648. The third-order valence-electron chi connectivity index (χ3n) is 1.83. The van der Waals surface area contributed by atoms with Crippen LogP contribution >= 0.6 is 0 Å². The molecule has 2 nitrogen and oxygen atoms in total. The van der Waals surface area contributed by atoms with Gasteiger partial charge in [-0.25, -0.2) is 0 Å². The van der Waals surface area contributed by atoms with Gasteiger partial charge in [-0.15, -0.1) is 0 Å². The van der Waals surface area contributed by atoms with Crippen LogP contribution in [-0.4, -0.2) is 11.6 Å². The molecule has 0 unspecified atom stereocenters. The smallest absolute Gasteiger partial charge is 0.137 e. The van der Waals surface area contributed by atoms with Crippen LogP contribution < -0.4 is 4.74 Å². The molecule has 0 aliphatic rings. The van der Waals surface area contributed by atoms with E-state index in [2.05, 4.69) is 18.8 Å². The van der Waals surface area contributed by atoms with Crippen molar-refractivity contribution in [2.45, 2.75) is 26.7 Å². The first-order valence-corrected chi connectivity index (χ1v) is 4.82. The van der Waals surface area contributed by atoms with Crippen LogP contribution in [0.1, 0.15) is 26.7 Å². The molecule has 0 atom stereocenters. The molecule has 72 valence electrons. The lowest BCUT2D eigenvalue weighted by Crippen LogP contribution is -1.99. The molecular formula is C11H17NO. The number of pyridine rings is 1. The molecule has 2 heteroatoms. The van der Waals surface area contributed by atoms with Gasteiger partial charge in [-0.05, 0) is 30.9 Å². The van der Waals surface area contributed by atoms with E-state index in [0.29, 0.717) is 0 Å². The van der Waals surface area contributed by atoms with Crippen LogP contribution in [0.25, 0.3) is 0 Å². The van der Waals surface area contributed by atoms with Gasteiger partial charge in [0, 0.05) is 6.20 Å². The van der Waals surface area contributed by atoms with Gasteiger partial charge in [0.2, 0.25) is 0 Å². The lowest BCUT2D eigenvalue weighted by atomic mass is 10.1. The van der Waals surface area contributed by atoms with Crippen molar-refractivity contribution in [2.24, 2.45) is 5.92 Å². The Kier molecular flexibility index (Phi) is 4.30. The summed E-state index contributed by atoms with van der Waals surface area (Å²) in [5, 5.41) is 0. The molecule has 1 heterocycles. The lowest BCUT2D eigenvalue weighted by Gasteiger charge is -2.06. The van der Waals surface area contributed by atoms with Crippen molar-refractivity contribution >= 4 is 0 Å². The molecule has 0 aliphatic heterocycles. The molecule has 0 aromatic carbocycles. The predicted molar refractivity (Wildman–Crippen MR) is 53.8 cm³/mol. The number of nitrogens with zero attached hydrogens (tertiary/aromatic N) is 1. The monoisotopic (exact) mass is 179 g/mol. The Morgan fingerprint density at radius 1 is 1.46 bits per heavy atom. The van der Waals surface area contributed by atoms with Crippen molar-refractivity contribution in [2.75, 3.05) is 6.61 Å². The third kappa shape index (κ3) is 4.51. The zero-order chi connectivity index (χ0) is 9.52. The molecule has 0 aliphatic carbocycles. The highest BCUT2D eigenvalue weighted by Gasteiger charge is 1.95. The number of hydrogen-bond acceptors (Lipinski definition) is 2. The average Bonchev–Trinajstić information content (AvgIpc) is 2.14. The van der Waals surface area contributed by atoms with E-state index in [-0.39, 0.29) is 0 Å². The van der Waals surface area contributed by atoms with E-state index in [0.717, 1.165) is 24.7 Å². The second-order valence-corrected chi connectivity index (χ2v) is 3.57. The van der Waals surface area contributed by atoms with Gasteiger partial charge in [0.15, 0.2) is 0 Å². The molecule has 0 saturated heterocycles. The van der Waals surface area contributed by atoms with E-state index in [4.69, 9.17) is 4.74 Å². The van der Waals surface area contributed by atoms with Crippen LogP contribution in [0.2, 0.25) is 0 Å². The highest BCUT2D eigenvalue weighted by Crippen LogP contribution is 2.08. The lowest BCUT2D eigenvalue weighted by molar-refractivity contribution is 0.296. The predicted octanol–water partition coefficient (Wildman–Crippen LogP) is 2.90. The van der Waals surface area contributed by atoms with Crippen LogP contribution in [0.4, 0.5) is 0 Å². The molecule has 0 amide bonds. The average molecular weight is 179 g/mol. The zero-order valence-corrected chi connectivity index (χ0v) is 8.36. The first kappa shape index (κ1) is 10.0. The van der Waals surface area contributed by atoms with Crippen LogP contribution in [-0.2, 0) is 0 Å². The van der Waals surface area contributed by atoms with E-state index >= 15 is 0 Å². The number of ether oxygens (including phenoxy) is 1. The highest BCUT2D eigenvalue weighted by atomic mass is 16.5. The van der Waals surface area contributed by atoms with Gasteiger partial charge in [0.1, 0.15) is 5.75 Å². The second kappa shape index (κ2) is 5.57. The minimum atomic E-state index is 0.762. The maximum Gasteiger partial charge on any atom is 0.137 e. The maximum atomic E-state index is 5.49. The molecule has 0 radical (unpaired) electrons. The van der Waals surface area contributed by atoms with Gasteiger partial charge in [-0.2, -0.15) is 0 Å². The summed E-state index contributed by atoms with van der Waals surface area (Å²) in [4.78, 5) is 3.97. The largest absolute Gasteiger partial charge is 0.492 e. The summed E-state index contributed by atoms with van der Waals surface area (Å²) in [7, 11) is 0. The fourth-order valence-corrected chi connectivity index (χ4v) is 1.11. The van der Waals surface area contributed by atoms with Gasteiger partial charge in [-0.1, -0.05) is 13.8 Å². The van der Waals surface area contributed by atoms with Crippen molar-refractivity contribution in [3.63, 3.8) is 0 Å². The van der Waals surface area contributed by atoms with E-state index in [1.54, 1.807) is 12.4 Å². The SMILES string of the molecule is CC(C)CCCOc1cccnc1. The van der Waals surface area contributed by atoms with Crippen molar-refractivity contribution in [3.05, 3.63) is 24.5 Å². The fourth-order valence-electron chi connectivity index (χ4n) is 1.11. The Morgan fingerprint density at radius 2 is 2.31 bits per heavy atom. The molecule has 0 saturated carbocycles. The van der Waals surface area contributed by atoms with Crippen molar-refractivity contribution in [1.29, 1.82) is 0 Å². The van der Waals surface area contributed by atoms with Crippen molar-refractivity contribution in [1.82, 2.24) is 4.98 Å². The molecule has 0 spiro atoms. The molecule has 1 aromatic rings. The molecule has 0 fully saturated rings.